The van der Waals surface area contributed by atoms with E-state index in [2.05, 4.69) is 0 Å². The molecule has 1 heterocycles. The molecule has 158 valence electrons. The molecule has 3 rings (SSSR count). The smallest absolute Gasteiger partial charge is 0.179 e. The maximum absolute atomic E-state index is 14.9. The second-order valence-corrected chi connectivity index (χ2v) is 9.88. The van der Waals surface area contributed by atoms with Gasteiger partial charge in [-0.15, -0.1) is 0 Å². The van der Waals surface area contributed by atoms with E-state index in [9.17, 15) is 17.9 Å². The summed E-state index contributed by atoms with van der Waals surface area (Å²) >= 11 is 0. The van der Waals surface area contributed by atoms with Crippen molar-refractivity contribution in [1.82, 2.24) is 0 Å². The Labute approximate surface area is 172 Å². The summed E-state index contributed by atoms with van der Waals surface area (Å²) < 4.78 is 47.0. The molecular formula is C23H29FO4S. The summed E-state index contributed by atoms with van der Waals surface area (Å²) in [6.07, 6.45) is 1.70. The molecule has 0 saturated heterocycles. The molecule has 1 aliphatic rings. The molecule has 3 atom stereocenters. The molecule has 0 aromatic heterocycles. The molecule has 1 aliphatic heterocycles. The lowest BCUT2D eigenvalue weighted by atomic mass is 9.69. The molecule has 0 amide bonds. The van der Waals surface area contributed by atoms with E-state index in [1.54, 1.807) is 30.3 Å². The van der Waals surface area contributed by atoms with Crippen LogP contribution in [-0.2, 0) is 9.84 Å². The van der Waals surface area contributed by atoms with Gasteiger partial charge in [-0.25, -0.2) is 12.8 Å². The molecule has 2 aromatic carbocycles. The standard InChI is InChI=1S/C23H29FO4S/c1-4-6-13-23(5-2)15-29(26,27)20-12-11-16(28-3)14-18(20)21(22(23)25)17-9-7-8-10-19(17)24/h7-12,14,21-22,25H,4-6,13,15H2,1-3H3/t21-,22-,23+/m0/s1. The van der Waals surface area contributed by atoms with Gasteiger partial charge < -0.3 is 9.84 Å². The number of fused-ring (bicyclic) bond motifs is 1. The molecule has 0 radical (unpaired) electrons. The number of ether oxygens (including phenoxy) is 1. The normalized spacial score (nSPS) is 25.8. The monoisotopic (exact) mass is 420 g/mol. The molecule has 0 saturated carbocycles. The van der Waals surface area contributed by atoms with Crippen LogP contribution in [0.3, 0.4) is 0 Å². The number of halogens is 1. The van der Waals surface area contributed by atoms with Crippen LogP contribution in [-0.4, -0.2) is 32.5 Å². The molecular weight excluding hydrogens is 391 g/mol. The number of unbranched alkanes of at least 4 members (excludes halogenated alkanes) is 1. The maximum Gasteiger partial charge on any atom is 0.179 e. The van der Waals surface area contributed by atoms with E-state index in [0.29, 0.717) is 29.7 Å². The van der Waals surface area contributed by atoms with E-state index in [1.807, 2.05) is 13.8 Å². The van der Waals surface area contributed by atoms with Gasteiger partial charge in [0.05, 0.1) is 23.9 Å². The number of aliphatic hydroxyl groups excluding tert-OH is 1. The molecule has 0 unspecified atom stereocenters. The fraction of sp³-hybridized carbons (Fsp3) is 0.478. The summed E-state index contributed by atoms with van der Waals surface area (Å²) in [5.74, 6) is -0.923. The molecule has 0 aliphatic carbocycles. The highest BCUT2D eigenvalue weighted by Crippen LogP contribution is 2.49. The average Bonchev–Trinajstić information content (AvgIpc) is 2.78. The number of sulfone groups is 1. The minimum atomic E-state index is -3.68. The highest BCUT2D eigenvalue weighted by molar-refractivity contribution is 7.91. The van der Waals surface area contributed by atoms with Crippen LogP contribution in [0.2, 0.25) is 0 Å². The summed E-state index contributed by atoms with van der Waals surface area (Å²) in [4.78, 5) is 0.150. The van der Waals surface area contributed by atoms with Gasteiger partial charge in [0.2, 0.25) is 0 Å². The first kappa shape index (κ1) is 21.8. The summed E-state index contributed by atoms with van der Waals surface area (Å²) in [7, 11) is -2.18. The number of methoxy groups -OCH3 is 1. The maximum atomic E-state index is 14.9. The fourth-order valence-electron chi connectivity index (χ4n) is 4.55. The minimum absolute atomic E-state index is 0.150. The zero-order valence-electron chi connectivity index (χ0n) is 17.2. The first-order chi connectivity index (χ1) is 13.8. The van der Waals surface area contributed by atoms with Crippen LogP contribution in [0.5, 0.6) is 5.75 Å². The summed E-state index contributed by atoms with van der Waals surface area (Å²) in [6, 6.07) is 11.0. The minimum Gasteiger partial charge on any atom is -0.497 e. The Morgan fingerprint density at radius 2 is 1.90 bits per heavy atom. The van der Waals surface area contributed by atoms with Crippen molar-refractivity contribution in [1.29, 1.82) is 0 Å². The van der Waals surface area contributed by atoms with Crippen LogP contribution < -0.4 is 4.74 Å². The van der Waals surface area contributed by atoms with E-state index < -0.39 is 33.1 Å². The second-order valence-electron chi connectivity index (χ2n) is 7.93. The zero-order chi connectivity index (χ0) is 21.2. The van der Waals surface area contributed by atoms with Crippen molar-refractivity contribution in [3.05, 3.63) is 59.4 Å². The third-order valence-corrected chi connectivity index (χ3v) is 8.28. The van der Waals surface area contributed by atoms with Gasteiger partial charge in [-0.1, -0.05) is 44.9 Å². The number of hydrogen-bond acceptors (Lipinski definition) is 4. The number of benzene rings is 2. The van der Waals surface area contributed by atoms with Gasteiger partial charge in [0.1, 0.15) is 11.6 Å². The van der Waals surface area contributed by atoms with Crippen molar-refractivity contribution in [2.75, 3.05) is 12.9 Å². The van der Waals surface area contributed by atoms with Crippen molar-refractivity contribution in [2.24, 2.45) is 5.41 Å². The molecule has 0 bridgehead atoms. The van der Waals surface area contributed by atoms with Crippen LogP contribution in [0.15, 0.2) is 47.4 Å². The lowest BCUT2D eigenvalue weighted by Gasteiger charge is -2.39. The van der Waals surface area contributed by atoms with Crippen molar-refractivity contribution in [2.45, 2.75) is 56.4 Å². The third-order valence-electron chi connectivity index (χ3n) is 6.28. The van der Waals surface area contributed by atoms with Gasteiger partial charge in [0.15, 0.2) is 9.84 Å². The molecule has 0 fully saturated rings. The van der Waals surface area contributed by atoms with Crippen molar-refractivity contribution >= 4 is 9.84 Å². The van der Waals surface area contributed by atoms with Gasteiger partial charge in [-0.2, -0.15) is 0 Å². The fourth-order valence-corrected chi connectivity index (χ4v) is 6.80. The van der Waals surface area contributed by atoms with Crippen LogP contribution in [0, 0.1) is 11.2 Å². The van der Waals surface area contributed by atoms with E-state index in [4.69, 9.17) is 4.74 Å². The molecule has 4 nitrogen and oxygen atoms in total. The van der Waals surface area contributed by atoms with E-state index >= 15 is 0 Å². The predicted octanol–water partition coefficient (Wildman–Crippen LogP) is 4.70. The number of rotatable bonds is 6. The lowest BCUT2D eigenvalue weighted by molar-refractivity contribution is 0.0167. The Morgan fingerprint density at radius 3 is 2.52 bits per heavy atom. The van der Waals surface area contributed by atoms with E-state index in [0.717, 1.165) is 12.8 Å². The Balaban J connectivity index is 2.33. The van der Waals surface area contributed by atoms with E-state index in [1.165, 1.54) is 19.2 Å². The van der Waals surface area contributed by atoms with Crippen LogP contribution >= 0.6 is 0 Å². The highest BCUT2D eigenvalue weighted by Gasteiger charge is 2.49. The summed E-state index contributed by atoms with van der Waals surface area (Å²) in [6.45, 7) is 3.94. The third kappa shape index (κ3) is 3.92. The van der Waals surface area contributed by atoms with Gasteiger partial charge in [0, 0.05) is 11.3 Å². The second kappa shape index (κ2) is 8.44. The number of aliphatic hydroxyl groups is 1. The largest absolute Gasteiger partial charge is 0.497 e. The molecule has 6 heteroatoms. The SMILES string of the molecule is CCCC[C@]1(CC)CS(=O)(=O)c2ccc(OC)cc2[C@H](c2ccccc2F)[C@@H]1O. The summed E-state index contributed by atoms with van der Waals surface area (Å²) in [5.41, 5.74) is -0.150. The van der Waals surface area contributed by atoms with Crippen molar-refractivity contribution < 1.29 is 22.7 Å². The molecule has 29 heavy (non-hydrogen) atoms. The lowest BCUT2D eigenvalue weighted by Crippen LogP contribution is -2.42. The van der Waals surface area contributed by atoms with Crippen LogP contribution in [0.1, 0.15) is 56.6 Å². The Morgan fingerprint density at radius 1 is 1.17 bits per heavy atom. The van der Waals surface area contributed by atoms with Gasteiger partial charge in [0.25, 0.3) is 0 Å². The Kier molecular flexibility index (Phi) is 6.34. The van der Waals surface area contributed by atoms with Gasteiger partial charge in [-0.3, -0.25) is 0 Å². The van der Waals surface area contributed by atoms with Crippen LogP contribution in [0.4, 0.5) is 4.39 Å². The number of hydrogen-bond donors (Lipinski definition) is 1. The average molecular weight is 421 g/mol. The molecule has 2 aromatic rings. The molecule has 1 N–H and O–H groups in total. The topological polar surface area (TPSA) is 63.6 Å². The quantitative estimate of drug-likeness (QED) is 0.736. The van der Waals surface area contributed by atoms with Crippen molar-refractivity contribution in [3.8, 4) is 5.75 Å². The van der Waals surface area contributed by atoms with Gasteiger partial charge >= 0.3 is 0 Å². The summed E-state index contributed by atoms with van der Waals surface area (Å²) in [5, 5.41) is 11.6. The first-order valence-corrected chi connectivity index (χ1v) is 11.8. The predicted molar refractivity (Wildman–Crippen MR) is 112 cm³/mol. The first-order valence-electron chi connectivity index (χ1n) is 10.1. The zero-order valence-corrected chi connectivity index (χ0v) is 18.0. The van der Waals surface area contributed by atoms with Crippen molar-refractivity contribution in [3.63, 3.8) is 0 Å². The van der Waals surface area contributed by atoms with Crippen LogP contribution in [0.25, 0.3) is 0 Å². The Hall–Kier alpha value is -1.92. The Bertz CT molecular complexity index is 973. The molecule has 0 spiro atoms. The van der Waals surface area contributed by atoms with E-state index in [-0.39, 0.29) is 10.6 Å². The van der Waals surface area contributed by atoms with Gasteiger partial charge in [-0.05, 0) is 48.2 Å². The highest BCUT2D eigenvalue weighted by atomic mass is 32.2.